The molecule has 0 bridgehead atoms. The Morgan fingerprint density at radius 2 is 1.67 bits per heavy atom. The summed E-state index contributed by atoms with van der Waals surface area (Å²) in [5.41, 5.74) is -0.757. The van der Waals surface area contributed by atoms with Crippen molar-refractivity contribution in [1.29, 1.82) is 0 Å². The van der Waals surface area contributed by atoms with Gasteiger partial charge in [0.15, 0.2) is 4.90 Å². The average molecular weight is 375 g/mol. The fourth-order valence-corrected chi connectivity index (χ4v) is 3.24. The summed E-state index contributed by atoms with van der Waals surface area (Å²) >= 11 is 0. The molecule has 0 saturated heterocycles. The second-order valence-electron chi connectivity index (χ2n) is 4.76. The molecular formula is C13H13NO8S2. The second kappa shape index (κ2) is 6.45. The molecule has 0 spiro atoms. The van der Waals surface area contributed by atoms with Gasteiger partial charge in [-0.25, -0.2) is 0 Å². The Morgan fingerprint density at radius 3 is 2.21 bits per heavy atom. The number of hydrogen-bond acceptors (Lipinski definition) is 6. The highest BCUT2D eigenvalue weighted by molar-refractivity contribution is 7.86. The van der Waals surface area contributed by atoms with Crippen LogP contribution in [0.4, 0.5) is 0 Å². The zero-order valence-electron chi connectivity index (χ0n) is 12.0. The normalized spacial score (nSPS) is 12.3. The van der Waals surface area contributed by atoms with E-state index in [9.17, 15) is 21.6 Å². The summed E-state index contributed by atoms with van der Waals surface area (Å²) in [7, 11) is -9.23. The molecule has 0 radical (unpaired) electrons. The van der Waals surface area contributed by atoms with Crippen LogP contribution in [0, 0.1) is 0 Å². The van der Waals surface area contributed by atoms with Gasteiger partial charge in [-0.1, -0.05) is 0 Å². The minimum absolute atomic E-state index is 0.0543. The molecule has 0 aliphatic heterocycles. The molecule has 1 heterocycles. The molecule has 130 valence electrons. The molecule has 0 amide bonds. The van der Waals surface area contributed by atoms with Gasteiger partial charge in [-0.2, -0.15) is 16.8 Å². The lowest BCUT2D eigenvalue weighted by atomic mass is 10.1. The molecule has 0 aliphatic carbocycles. The van der Waals surface area contributed by atoms with Gasteiger partial charge >= 0.3 is 0 Å². The van der Waals surface area contributed by atoms with E-state index < -0.39 is 35.6 Å². The third-order valence-corrected chi connectivity index (χ3v) is 4.90. The first-order chi connectivity index (χ1) is 11.1. The molecule has 9 nitrogen and oxygen atoms in total. The Labute approximate surface area is 137 Å². The topological polar surface area (TPSA) is 151 Å². The zero-order chi connectivity index (χ0) is 18.1. The number of nitrogens with zero attached hydrogens (tertiary/aromatic N) is 1. The molecular weight excluding hydrogens is 362 g/mol. The summed E-state index contributed by atoms with van der Waals surface area (Å²) in [4.78, 5) is 11.0. The van der Waals surface area contributed by atoms with E-state index in [1.807, 2.05) is 0 Å². The van der Waals surface area contributed by atoms with Crippen LogP contribution in [0.5, 0.6) is 0 Å². The van der Waals surface area contributed by atoms with Crippen molar-refractivity contribution >= 4 is 20.2 Å². The summed E-state index contributed by atoms with van der Waals surface area (Å²) in [5.74, 6) is 0. The molecule has 0 saturated carbocycles. The van der Waals surface area contributed by atoms with Crippen LogP contribution in [0.25, 0.3) is 5.69 Å². The fourth-order valence-electron chi connectivity index (χ4n) is 2.14. The Morgan fingerprint density at radius 1 is 1.00 bits per heavy atom. The third kappa shape index (κ3) is 3.71. The summed E-state index contributed by atoms with van der Waals surface area (Å²) < 4.78 is 63.9. The molecule has 0 atom stereocenters. The average Bonchev–Trinajstić information content (AvgIpc) is 2.46. The number of aliphatic hydroxyl groups excluding tert-OH is 1. The summed E-state index contributed by atoms with van der Waals surface area (Å²) in [6, 6.07) is 5.41. The van der Waals surface area contributed by atoms with Gasteiger partial charge in [0, 0.05) is 12.8 Å². The van der Waals surface area contributed by atoms with Gasteiger partial charge < -0.3 is 5.11 Å². The zero-order valence-corrected chi connectivity index (χ0v) is 13.7. The van der Waals surface area contributed by atoms with Gasteiger partial charge in [0.2, 0.25) is 0 Å². The van der Waals surface area contributed by atoms with Crippen LogP contribution in [0.1, 0.15) is 5.56 Å². The molecule has 2 aromatic rings. The highest BCUT2D eigenvalue weighted by Gasteiger charge is 2.19. The maximum Gasteiger partial charge on any atom is 0.300 e. The van der Waals surface area contributed by atoms with Gasteiger partial charge in [-0.3, -0.25) is 18.5 Å². The van der Waals surface area contributed by atoms with Crippen LogP contribution in [-0.4, -0.2) is 42.2 Å². The number of aromatic nitrogens is 1. The molecule has 0 unspecified atom stereocenters. The summed E-state index contributed by atoms with van der Waals surface area (Å²) in [5, 5.41) is 9.10. The van der Waals surface area contributed by atoms with Crippen LogP contribution < -0.4 is 5.56 Å². The minimum atomic E-state index is -4.74. The molecule has 11 heteroatoms. The molecule has 0 aliphatic rings. The van der Waals surface area contributed by atoms with Crippen LogP contribution >= 0.6 is 0 Å². The van der Waals surface area contributed by atoms with Crippen molar-refractivity contribution in [3.8, 4) is 5.69 Å². The van der Waals surface area contributed by atoms with Crippen LogP contribution in [-0.2, 0) is 26.7 Å². The maximum atomic E-state index is 12.2. The van der Waals surface area contributed by atoms with Gasteiger partial charge in [0.1, 0.15) is 0 Å². The molecule has 1 aromatic carbocycles. The number of pyridine rings is 1. The number of benzene rings is 1. The molecule has 24 heavy (non-hydrogen) atoms. The van der Waals surface area contributed by atoms with E-state index in [1.165, 1.54) is 18.3 Å². The van der Waals surface area contributed by atoms with Crippen LogP contribution in [0.3, 0.4) is 0 Å². The van der Waals surface area contributed by atoms with Crippen molar-refractivity contribution in [3.05, 3.63) is 52.4 Å². The molecule has 0 fully saturated rings. The summed E-state index contributed by atoms with van der Waals surface area (Å²) in [6.07, 6.45) is 1.17. The molecule has 1 aromatic heterocycles. The fraction of sp³-hybridized carbons (Fsp3) is 0.154. The van der Waals surface area contributed by atoms with Crippen molar-refractivity contribution in [3.63, 3.8) is 0 Å². The van der Waals surface area contributed by atoms with Crippen molar-refractivity contribution in [2.45, 2.75) is 16.2 Å². The molecule has 3 N–H and O–H groups in total. The first-order valence-electron chi connectivity index (χ1n) is 6.46. The van der Waals surface area contributed by atoms with E-state index in [-0.39, 0.29) is 24.3 Å². The lowest BCUT2D eigenvalue weighted by molar-refractivity contribution is 0.299. The second-order valence-corrected chi connectivity index (χ2v) is 7.57. The van der Waals surface area contributed by atoms with E-state index in [0.29, 0.717) is 0 Å². The highest BCUT2D eigenvalue weighted by Crippen LogP contribution is 2.20. The van der Waals surface area contributed by atoms with Gasteiger partial charge in [-0.05, 0) is 42.3 Å². The monoisotopic (exact) mass is 375 g/mol. The van der Waals surface area contributed by atoms with E-state index in [1.54, 1.807) is 0 Å². The first kappa shape index (κ1) is 18.3. The maximum absolute atomic E-state index is 12.2. The number of rotatable bonds is 5. The molecule has 2 rings (SSSR count). The third-order valence-electron chi connectivity index (χ3n) is 3.18. The summed E-state index contributed by atoms with van der Waals surface area (Å²) in [6.45, 7) is -0.380. The predicted molar refractivity (Wildman–Crippen MR) is 82.5 cm³/mol. The van der Waals surface area contributed by atoms with Crippen molar-refractivity contribution < 1.29 is 31.0 Å². The Balaban J connectivity index is 2.76. The lowest BCUT2D eigenvalue weighted by Gasteiger charge is -2.13. The van der Waals surface area contributed by atoms with Gasteiger partial charge in [-0.15, -0.1) is 0 Å². The Kier molecular flexibility index (Phi) is 4.92. The quantitative estimate of drug-likeness (QED) is 0.611. The van der Waals surface area contributed by atoms with E-state index in [4.69, 9.17) is 14.2 Å². The Hall–Kier alpha value is -2.05. The standard InChI is InChI=1S/C13H13NO8S2/c15-7-5-9-8-10(23(17,18)19)3-4-11(9)14-6-1-2-12(13(14)16)24(20,21)22/h1-4,6,8,15H,5,7H2,(H,17,18,19)(H,20,21,22). The Bertz CT molecular complexity index is 1040. The van der Waals surface area contributed by atoms with Crippen molar-refractivity contribution in [1.82, 2.24) is 4.57 Å². The van der Waals surface area contributed by atoms with Crippen LogP contribution in [0.2, 0.25) is 0 Å². The SMILES string of the molecule is O=c1c(S(=O)(=O)O)cccn1-c1ccc(S(=O)(=O)O)cc1CCO. The van der Waals surface area contributed by atoms with E-state index in [0.717, 1.165) is 22.8 Å². The van der Waals surface area contributed by atoms with Crippen LogP contribution in [0.15, 0.2) is 51.1 Å². The number of aliphatic hydroxyl groups is 1. The van der Waals surface area contributed by atoms with E-state index in [2.05, 4.69) is 0 Å². The first-order valence-corrected chi connectivity index (χ1v) is 9.34. The smallest absolute Gasteiger partial charge is 0.300 e. The largest absolute Gasteiger partial charge is 0.396 e. The highest BCUT2D eigenvalue weighted by atomic mass is 32.2. The van der Waals surface area contributed by atoms with Crippen molar-refractivity contribution in [2.24, 2.45) is 0 Å². The lowest BCUT2D eigenvalue weighted by Crippen LogP contribution is -2.25. The predicted octanol–water partition coefficient (Wildman–Crippen LogP) is -0.134. The van der Waals surface area contributed by atoms with E-state index >= 15 is 0 Å². The van der Waals surface area contributed by atoms with Crippen molar-refractivity contribution in [2.75, 3.05) is 6.61 Å². The minimum Gasteiger partial charge on any atom is -0.396 e. The van der Waals surface area contributed by atoms with Gasteiger partial charge in [0.05, 0.1) is 10.6 Å². The number of hydrogen-bond donors (Lipinski definition) is 3. The van der Waals surface area contributed by atoms with Gasteiger partial charge in [0.25, 0.3) is 25.8 Å².